The molecule has 2 aromatic rings. The predicted octanol–water partition coefficient (Wildman–Crippen LogP) is -3.40. The summed E-state index contributed by atoms with van der Waals surface area (Å²) in [5.41, 5.74) is 6.10. The van der Waals surface area contributed by atoms with E-state index in [9.17, 15) is 54.0 Å². The van der Waals surface area contributed by atoms with E-state index in [0.717, 1.165) is 6.33 Å². The number of anilines is 1. The van der Waals surface area contributed by atoms with E-state index in [1.165, 1.54) is 10.9 Å². The molecule has 12 N–H and O–H groups in total. The summed E-state index contributed by atoms with van der Waals surface area (Å²) in [5.74, 6) is 0.0207. The van der Waals surface area contributed by atoms with Crippen LogP contribution >= 0.6 is 15.6 Å². The van der Waals surface area contributed by atoms with Crippen molar-refractivity contribution in [2.75, 3.05) is 25.5 Å². The molecule has 0 radical (unpaired) electrons. The molecular formula is C27H43N9O15P2. The number of phosphoric acid groups is 2. The lowest BCUT2D eigenvalue weighted by molar-refractivity contribution is -0.135. The maximum atomic E-state index is 12.7. The standard InChI is InChI=1S/C27H43N9O15P2/c1-10-3-12-13(4-11(10)2)35(24-18(32-12)25(42)34-27(43)33-24)5-14(37)19(39)15(38)6-48-52(44,45)51-53(46,47)49-7-16-20(40)21(41)26(50-16)36-9-31-17-22(28)29-8-30-23(17)36/h8-16,18-21,24,26,32,37-41H,3-7H2,1-2H3,(H,44,45)(H,46,47)(H2,28,29,30)(H2,33,34,42,43). The normalized spacial score (nSPS) is 36.0. The van der Waals surface area contributed by atoms with Crippen LogP contribution in [0.15, 0.2) is 12.7 Å². The lowest BCUT2D eigenvalue weighted by atomic mass is 9.73. The number of aliphatic hydroxyl groups excluding tert-OH is 5. The van der Waals surface area contributed by atoms with Crippen molar-refractivity contribution in [1.82, 2.24) is 40.4 Å². The van der Waals surface area contributed by atoms with E-state index in [-0.39, 0.29) is 41.5 Å². The highest BCUT2D eigenvalue weighted by Crippen LogP contribution is 2.60. The molecular weight excluding hydrogens is 752 g/mol. The number of aromatic nitrogens is 4. The van der Waals surface area contributed by atoms with Crippen LogP contribution in [-0.4, -0.2) is 152 Å². The second-order valence-corrected chi connectivity index (χ2v) is 16.8. The van der Waals surface area contributed by atoms with E-state index in [2.05, 4.69) is 53.6 Å². The van der Waals surface area contributed by atoms with Gasteiger partial charge in [-0.2, -0.15) is 4.31 Å². The SMILES string of the molecule is CC1CC2NC3C(=O)NC(=O)NC3N(CC(O)C(O)C(O)COP(=O)(O)OP(=O)(O)OCC3OC(n4cnc5c(N)ncnc54)C(O)C3O)C2CC1C. The van der Waals surface area contributed by atoms with Crippen molar-refractivity contribution in [3.05, 3.63) is 12.7 Å². The summed E-state index contributed by atoms with van der Waals surface area (Å²) < 4.78 is 45.5. The summed E-state index contributed by atoms with van der Waals surface area (Å²) in [4.78, 5) is 58.6. The van der Waals surface area contributed by atoms with Crippen LogP contribution in [0.2, 0.25) is 0 Å². The Kier molecular flexibility index (Phi) is 11.6. The van der Waals surface area contributed by atoms with Crippen molar-refractivity contribution in [3.8, 4) is 0 Å². The zero-order chi connectivity index (χ0) is 38.6. The van der Waals surface area contributed by atoms with E-state index in [0.29, 0.717) is 18.8 Å². The van der Waals surface area contributed by atoms with Crippen molar-refractivity contribution < 1.29 is 72.1 Å². The van der Waals surface area contributed by atoms with Crippen LogP contribution < -0.4 is 21.7 Å². The van der Waals surface area contributed by atoms with Crippen LogP contribution in [0.3, 0.4) is 0 Å². The number of hydrogen-bond donors (Lipinski definition) is 11. The highest BCUT2D eigenvalue weighted by molar-refractivity contribution is 7.61. The Morgan fingerprint density at radius 1 is 1.02 bits per heavy atom. The lowest BCUT2D eigenvalue weighted by Crippen LogP contribution is -2.79. The molecule has 2 aromatic heterocycles. The molecule has 296 valence electrons. The monoisotopic (exact) mass is 795 g/mol. The Morgan fingerprint density at radius 3 is 2.45 bits per heavy atom. The average Bonchev–Trinajstić information content (AvgIpc) is 3.63. The van der Waals surface area contributed by atoms with Crippen LogP contribution in [0.5, 0.6) is 0 Å². The molecule has 6 rings (SSSR count). The largest absolute Gasteiger partial charge is 0.481 e. The first-order chi connectivity index (χ1) is 24.9. The molecule has 24 nitrogen and oxygen atoms in total. The van der Waals surface area contributed by atoms with Gasteiger partial charge in [-0.25, -0.2) is 28.9 Å². The lowest BCUT2D eigenvalue weighted by Gasteiger charge is -2.55. The quantitative estimate of drug-likeness (QED) is 0.0880. The number of nitrogens with two attached hydrogens (primary N) is 1. The van der Waals surface area contributed by atoms with Gasteiger partial charge in [-0.3, -0.25) is 33.9 Å². The molecule has 3 amide bonds. The molecule has 3 saturated heterocycles. The minimum Gasteiger partial charge on any atom is -0.389 e. The van der Waals surface area contributed by atoms with Gasteiger partial charge < -0.3 is 51.1 Å². The number of phosphoric ester groups is 2. The van der Waals surface area contributed by atoms with E-state index < -0.39 is 95.9 Å². The van der Waals surface area contributed by atoms with Gasteiger partial charge in [0.05, 0.1) is 25.6 Å². The molecule has 15 atom stereocenters. The minimum absolute atomic E-state index is 0.0382. The topological polar surface area (TPSA) is 356 Å². The minimum atomic E-state index is -5.50. The van der Waals surface area contributed by atoms with E-state index in [1.54, 1.807) is 4.90 Å². The zero-order valence-corrected chi connectivity index (χ0v) is 30.1. The summed E-state index contributed by atoms with van der Waals surface area (Å²) in [7, 11) is -11.0. The maximum Gasteiger partial charge on any atom is 0.481 e. The number of ether oxygens (including phenoxy) is 1. The Hall–Kier alpha value is -2.77. The molecule has 5 heterocycles. The molecule has 4 fully saturated rings. The number of nitrogens with one attached hydrogen (secondary N) is 3. The van der Waals surface area contributed by atoms with Crippen LogP contribution in [0.25, 0.3) is 11.2 Å². The molecule has 1 saturated carbocycles. The van der Waals surface area contributed by atoms with Crippen LogP contribution in [-0.2, 0) is 32.0 Å². The smallest absolute Gasteiger partial charge is 0.389 e. The molecule has 0 bridgehead atoms. The van der Waals surface area contributed by atoms with Crippen molar-refractivity contribution in [3.63, 3.8) is 0 Å². The molecule has 15 unspecified atom stereocenters. The average molecular weight is 796 g/mol. The van der Waals surface area contributed by atoms with Gasteiger partial charge in [0, 0.05) is 18.6 Å². The third kappa shape index (κ3) is 8.42. The van der Waals surface area contributed by atoms with Gasteiger partial charge >= 0.3 is 21.7 Å². The molecule has 3 aliphatic heterocycles. The number of rotatable bonds is 13. The molecule has 1 aliphatic carbocycles. The van der Waals surface area contributed by atoms with Gasteiger partial charge in [0.25, 0.3) is 0 Å². The number of nitrogens with zero attached hydrogens (tertiary/aromatic N) is 5. The van der Waals surface area contributed by atoms with Gasteiger partial charge in [0.15, 0.2) is 17.7 Å². The van der Waals surface area contributed by atoms with Gasteiger partial charge in [0.1, 0.15) is 54.6 Å². The van der Waals surface area contributed by atoms with Crippen LogP contribution in [0.1, 0.15) is 32.9 Å². The van der Waals surface area contributed by atoms with E-state index >= 15 is 0 Å². The second-order valence-electron chi connectivity index (χ2n) is 13.7. The number of imidazole rings is 1. The number of imide groups is 1. The fraction of sp³-hybridized carbons (Fsp3) is 0.741. The third-order valence-corrected chi connectivity index (χ3v) is 12.8. The number of aliphatic hydroxyl groups is 5. The Balaban J connectivity index is 1.02. The highest BCUT2D eigenvalue weighted by Gasteiger charge is 2.52. The van der Waals surface area contributed by atoms with Crippen molar-refractivity contribution in [2.24, 2.45) is 11.8 Å². The Bertz CT molecular complexity index is 1780. The first-order valence-electron chi connectivity index (χ1n) is 16.6. The number of urea groups is 1. The van der Waals surface area contributed by atoms with Crippen molar-refractivity contribution in [2.45, 2.75) is 93.8 Å². The van der Waals surface area contributed by atoms with Crippen molar-refractivity contribution in [1.29, 1.82) is 0 Å². The van der Waals surface area contributed by atoms with Gasteiger partial charge in [-0.15, -0.1) is 0 Å². The van der Waals surface area contributed by atoms with E-state index in [4.69, 9.17) is 15.0 Å². The summed E-state index contributed by atoms with van der Waals surface area (Å²) in [5, 5.41) is 61.5. The summed E-state index contributed by atoms with van der Waals surface area (Å²) in [6.07, 6.45) is -9.10. The molecule has 4 aliphatic rings. The Morgan fingerprint density at radius 2 is 1.72 bits per heavy atom. The predicted molar refractivity (Wildman–Crippen MR) is 176 cm³/mol. The second kappa shape index (κ2) is 15.4. The number of carbonyl (C=O) groups excluding carboxylic acids is 2. The zero-order valence-electron chi connectivity index (χ0n) is 28.3. The van der Waals surface area contributed by atoms with Gasteiger partial charge in [-0.05, 0) is 24.7 Å². The number of fused-ring (bicyclic) bond motifs is 3. The van der Waals surface area contributed by atoms with Crippen molar-refractivity contribution >= 4 is 44.6 Å². The molecule has 0 spiro atoms. The van der Waals surface area contributed by atoms with Gasteiger partial charge in [-0.1, -0.05) is 13.8 Å². The molecule has 53 heavy (non-hydrogen) atoms. The number of amides is 3. The number of hydrogen-bond acceptors (Lipinski definition) is 19. The Labute approximate surface area is 300 Å². The van der Waals surface area contributed by atoms with Gasteiger partial charge in [0.2, 0.25) is 5.91 Å². The van der Waals surface area contributed by atoms with Crippen LogP contribution in [0, 0.1) is 11.8 Å². The third-order valence-electron chi connectivity index (χ3n) is 10.2. The number of nitrogen functional groups attached to an aromatic ring is 1. The van der Waals surface area contributed by atoms with Crippen LogP contribution in [0.4, 0.5) is 10.6 Å². The summed E-state index contributed by atoms with van der Waals surface area (Å²) >= 11 is 0. The first-order valence-corrected chi connectivity index (χ1v) is 19.6. The molecule has 26 heteroatoms. The molecule has 0 aromatic carbocycles. The fourth-order valence-electron chi connectivity index (χ4n) is 7.17. The number of piperazine rings is 1. The first kappa shape index (κ1) is 39.9. The summed E-state index contributed by atoms with van der Waals surface area (Å²) in [6.45, 7) is 1.68. The number of β-amino-alcohol motifs (C(OH)–C–C–N with tert-alkyl or cyclic N) is 1. The highest BCUT2D eigenvalue weighted by atomic mass is 31.3. The maximum absolute atomic E-state index is 12.7. The van der Waals surface area contributed by atoms with E-state index in [1.807, 2.05) is 0 Å². The fourth-order valence-corrected chi connectivity index (χ4v) is 9.27. The summed E-state index contributed by atoms with van der Waals surface area (Å²) in [6, 6.07) is -2.10. The number of carbonyl (C=O) groups is 2.